The summed E-state index contributed by atoms with van der Waals surface area (Å²) in [6, 6.07) is 11.1. The van der Waals surface area contributed by atoms with E-state index in [0.29, 0.717) is 24.8 Å². The highest BCUT2D eigenvalue weighted by Gasteiger charge is 2.11. The van der Waals surface area contributed by atoms with Gasteiger partial charge in [-0.3, -0.25) is 0 Å². The third-order valence-electron chi connectivity index (χ3n) is 2.59. The van der Waals surface area contributed by atoms with Crippen molar-refractivity contribution in [1.29, 1.82) is 0 Å². The van der Waals surface area contributed by atoms with E-state index in [0.717, 1.165) is 17.2 Å². The summed E-state index contributed by atoms with van der Waals surface area (Å²) in [7, 11) is 0. The zero-order valence-electron chi connectivity index (χ0n) is 9.72. The largest absolute Gasteiger partial charge is 0.486 e. The first-order chi connectivity index (χ1) is 8.81. The smallest absolute Gasteiger partial charge is 0.163 e. The fourth-order valence-corrected chi connectivity index (χ4v) is 1.79. The van der Waals surface area contributed by atoms with E-state index >= 15 is 0 Å². The summed E-state index contributed by atoms with van der Waals surface area (Å²) in [5.74, 6) is 2.70. The molecule has 5 nitrogen and oxygen atoms in total. The summed E-state index contributed by atoms with van der Waals surface area (Å²) in [4.78, 5) is 4.18. The number of nitrogens with one attached hydrogen (secondary N) is 1. The molecule has 2 heterocycles. The number of rotatable bonds is 2. The van der Waals surface area contributed by atoms with Gasteiger partial charge in [-0.05, 0) is 24.3 Å². The van der Waals surface area contributed by atoms with Crippen LogP contribution in [0.25, 0.3) is 0 Å². The quantitative estimate of drug-likeness (QED) is 0.846. The number of nitrogen functional groups attached to an aromatic ring is 1. The molecule has 18 heavy (non-hydrogen) atoms. The number of fused-ring (bicyclic) bond motifs is 1. The van der Waals surface area contributed by atoms with Crippen molar-refractivity contribution in [2.45, 2.75) is 0 Å². The number of benzene rings is 1. The average Bonchev–Trinajstić information content (AvgIpc) is 2.39. The van der Waals surface area contributed by atoms with Crippen LogP contribution in [-0.4, -0.2) is 18.2 Å². The number of nitrogens with two attached hydrogens (primary N) is 1. The van der Waals surface area contributed by atoms with E-state index in [4.69, 9.17) is 15.2 Å². The lowest BCUT2D eigenvalue weighted by Gasteiger charge is -2.19. The summed E-state index contributed by atoms with van der Waals surface area (Å²) >= 11 is 0. The van der Waals surface area contributed by atoms with E-state index < -0.39 is 0 Å². The molecule has 1 aromatic heterocycles. The molecule has 0 spiro atoms. The van der Waals surface area contributed by atoms with E-state index in [-0.39, 0.29) is 0 Å². The van der Waals surface area contributed by atoms with Gasteiger partial charge < -0.3 is 20.5 Å². The molecule has 0 saturated heterocycles. The summed E-state index contributed by atoms with van der Waals surface area (Å²) in [6.45, 7) is 1.17. The first kappa shape index (κ1) is 10.7. The Kier molecular flexibility index (Phi) is 2.64. The van der Waals surface area contributed by atoms with Crippen molar-refractivity contribution in [3.8, 4) is 11.5 Å². The summed E-state index contributed by atoms with van der Waals surface area (Å²) in [6.07, 6.45) is 0. The Hall–Kier alpha value is -2.43. The number of aromatic nitrogens is 1. The van der Waals surface area contributed by atoms with Crippen LogP contribution in [0.15, 0.2) is 36.4 Å². The number of hydrogen-bond donors (Lipinski definition) is 2. The van der Waals surface area contributed by atoms with Crippen molar-refractivity contribution in [2.24, 2.45) is 0 Å². The SMILES string of the molecule is Nc1cccc(Nc2ccc3c(c2)OCCO3)n1. The van der Waals surface area contributed by atoms with Crippen molar-refractivity contribution in [3.05, 3.63) is 36.4 Å². The Morgan fingerprint density at radius 2 is 1.89 bits per heavy atom. The van der Waals surface area contributed by atoms with Crippen LogP contribution in [0.2, 0.25) is 0 Å². The lowest BCUT2D eigenvalue weighted by molar-refractivity contribution is 0.171. The Bertz CT molecular complexity index is 572. The van der Waals surface area contributed by atoms with Gasteiger partial charge in [-0.25, -0.2) is 4.98 Å². The first-order valence-corrected chi connectivity index (χ1v) is 5.70. The molecule has 5 heteroatoms. The third-order valence-corrected chi connectivity index (χ3v) is 2.59. The molecule has 3 rings (SSSR count). The van der Waals surface area contributed by atoms with E-state index in [1.165, 1.54) is 0 Å². The van der Waals surface area contributed by atoms with Gasteiger partial charge in [0.1, 0.15) is 24.8 Å². The van der Waals surface area contributed by atoms with Crippen molar-refractivity contribution in [1.82, 2.24) is 4.98 Å². The zero-order valence-corrected chi connectivity index (χ0v) is 9.72. The highest BCUT2D eigenvalue weighted by atomic mass is 16.6. The molecule has 0 amide bonds. The second-order valence-corrected chi connectivity index (χ2v) is 3.93. The minimum atomic E-state index is 0.484. The van der Waals surface area contributed by atoms with Crippen LogP contribution >= 0.6 is 0 Å². The molecular formula is C13H13N3O2. The fraction of sp³-hybridized carbons (Fsp3) is 0.154. The van der Waals surface area contributed by atoms with Crippen LogP contribution in [-0.2, 0) is 0 Å². The van der Waals surface area contributed by atoms with E-state index in [1.807, 2.05) is 30.3 Å². The molecule has 92 valence electrons. The minimum Gasteiger partial charge on any atom is -0.486 e. The van der Waals surface area contributed by atoms with Crippen LogP contribution in [0.1, 0.15) is 0 Å². The maximum absolute atomic E-state index is 5.63. The standard InChI is InChI=1S/C13H13N3O2/c14-12-2-1-3-13(16-12)15-9-4-5-10-11(8-9)18-7-6-17-10/h1-5,8H,6-7H2,(H3,14,15,16). The Balaban J connectivity index is 1.85. The molecule has 0 saturated carbocycles. The number of hydrogen-bond acceptors (Lipinski definition) is 5. The highest BCUT2D eigenvalue weighted by molar-refractivity contribution is 5.62. The van der Waals surface area contributed by atoms with Crippen molar-refractivity contribution >= 4 is 17.3 Å². The third kappa shape index (κ3) is 2.15. The van der Waals surface area contributed by atoms with Crippen LogP contribution in [0.5, 0.6) is 11.5 Å². The maximum atomic E-state index is 5.63. The second-order valence-electron chi connectivity index (χ2n) is 3.93. The summed E-state index contributed by atoms with van der Waals surface area (Å²) in [5.41, 5.74) is 6.51. The highest BCUT2D eigenvalue weighted by Crippen LogP contribution is 2.33. The van der Waals surface area contributed by atoms with Crippen molar-refractivity contribution in [2.75, 3.05) is 24.3 Å². The van der Waals surface area contributed by atoms with Gasteiger partial charge in [0.05, 0.1) is 0 Å². The van der Waals surface area contributed by atoms with Crippen molar-refractivity contribution < 1.29 is 9.47 Å². The summed E-state index contributed by atoms with van der Waals surface area (Å²) in [5, 5.41) is 3.17. The topological polar surface area (TPSA) is 69.4 Å². The molecular weight excluding hydrogens is 230 g/mol. The number of anilines is 3. The predicted octanol–water partition coefficient (Wildman–Crippen LogP) is 2.18. The lowest BCUT2D eigenvalue weighted by atomic mass is 10.2. The van der Waals surface area contributed by atoms with E-state index in [1.54, 1.807) is 6.07 Å². The average molecular weight is 243 g/mol. The van der Waals surface area contributed by atoms with Crippen LogP contribution < -0.4 is 20.5 Å². The van der Waals surface area contributed by atoms with Gasteiger partial charge in [0.25, 0.3) is 0 Å². The Morgan fingerprint density at radius 1 is 1.06 bits per heavy atom. The lowest BCUT2D eigenvalue weighted by Crippen LogP contribution is -2.15. The van der Waals surface area contributed by atoms with Gasteiger partial charge in [-0.2, -0.15) is 0 Å². The molecule has 0 atom stereocenters. The molecule has 0 unspecified atom stereocenters. The van der Waals surface area contributed by atoms with Gasteiger partial charge in [0, 0.05) is 11.8 Å². The molecule has 0 aliphatic carbocycles. The second kappa shape index (κ2) is 4.44. The molecule has 1 aliphatic heterocycles. The van der Waals surface area contributed by atoms with Crippen LogP contribution in [0.4, 0.5) is 17.3 Å². The predicted molar refractivity (Wildman–Crippen MR) is 69.4 cm³/mol. The Morgan fingerprint density at radius 3 is 2.72 bits per heavy atom. The van der Waals surface area contributed by atoms with E-state index in [2.05, 4.69) is 10.3 Å². The van der Waals surface area contributed by atoms with Gasteiger partial charge in [-0.15, -0.1) is 0 Å². The van der Waals surface area contributed by atoms with Gasteiger partial charge in [0.15, 0.2) is 11.5 Å². The summed E-state index contributed by atoms with van der Waals surface area (Å²) < 4.78 is 11.0. The molecule has 3 N–H and O–H groups in total. The normalized spacial score (nSPS) is 13.1. The van der Waals surface area contributed by atoms with Gasteiger partial charge in [0.2, 0.25) is 0 Å². The molecule has 1 aromatic carbocycles. The molecule has 1 aliphatic rings. The minimum absolute atomic E-state index is 0.484. The van der Waals surface area contributed by atoms with Crippen LogP contribution in [0.3, 0.4) is 0 Å². The monoisotopic (exact) mass is 243 g/mol. The number of nitrogens with zero attached hydrogens (tertiary/aromatic N) is 1. The number of pyridine rings is 1. The number of ether oxygens (including phenoxy) is 2. The van der Waals surface area contributed by atoms with E-state index in [9.17, 15) is 0 Å². The first-order valence-electron chi connectivity index (χ1n) is 5.70. The molecule has 2 aromatic rings. The van der Waals surface area contributed by atoms with Crippen LogP contribution in [0, 0.1) is 0 Å². The van der Waals surface area contributed by atoms with Crippen molar-refractivity contribution in [3.63, 3.8) is 0 Å². The molecule has 0 bridgehead atoms. The van der Waals surface area contributed by atoms with Gasteiger partial charge in [-0.1, -0.05) is 6.07 Å². The van der Waals surface area contributed by atoms with Gasteiger partial charge >= 0.3 is 0 Å². The maximum Gasteiger partial charge on any atom is 0.163 e. The molecule has 0 radical (unpaired) electrons. The Labute approximate surface area is 105 Å². The zero-order chi connectivity index (χ0) is 12.4. The fourth-order valence-electron chi connectivity index (χ4n) is 1.79. The molecule has 0 fully saturated rings.